The molecule has 3 nitrogen and oxygen atoms in total. The Morgan fingerprint density at radius 2 is 2.00 bits per heavy atom. The Kier molecular flexibility index (Phi) is 3.74. The first-order valence-corrected chi connectivity index (χ1v) is 6.07. The molecule has 0 saturated carbocycles. The normalized spacial score (nSPS) is 23.9. The van der Waals surface area contributed by atoms with E-state index in [2.05, 4.69) is 4.74 Å². The first-order valence-electron chi connectivity index (χ1n) is 6.07. The number of esters is 1. The van der Waals surface area contributed by atoms with Gasteiger partial charge >= 0.3 is 12.1 Å². The van der Waals surface area contributed by atoms with Crippen molar-refractivity contribution in [2.75, 3.05) is 6.61 Å². The van der Waals surface area contributed by atoms with Gasteiger partial charge in [-0.15, -0.1) is 0 Å². The fourth-order valence-corrected chi connectivity index (χ4v) is 2.05. The van der Waals surface area contributed by atoms with Crippen LogP contribution in [0.1, 0.15) is 18.9 Å². The van der Waals surface area contributed by atoms with Crippen LogP contribution in [0.25, 0.3) is 0 Å². The van der Waals surface area contributed by atoms with Crippen LogP contribution in [0.2, 0.25) is 0 Å². The summed E-state index contributed by atoms with van der Waals surface area (Å²) < 4.78 is 49.3. The molecule has 1 fully saturated rings. The van der Waals surface area contributed by atoms with Crippen LogP contribution in [0.15, 0.2) is 42.2 Å². The second kappa shape index (κ2) is 5.19. The predicted octanol–water partition coefficient (Wildman–Crippen LogP) is 3.31. The van der Waals surface area contributed by atoms with E-state index < -0.39 is 24.2 Å². The number of rotatable bonds is 3. The molecular weight excluding hydrogens is 273 g/mol. The molecule has 0 amide bonds. The summed E-state index contributed by atoms with van der Waals surface area (Å²) in [6.07, 6.45) is -4.00. The molecule has 0 radical (unpaired) electrons. The van der Waals surface area contributed by atoms with E-state index in [0.29, 0.717) is 0 Å². The van der Waals surface area contributed by atoms with Gasteiger partial charge in [-0.25, -0.2) is 4.79 Å². The zero-order chi connectivity index (χ0) is 14.8. The summed E-state index contributed by atoms with van der Waals surface area (Å²) in [6, 6.07) is 7.36. The number of hydrogen-bond acceptors (Lipinski definition) is 3. The van der Waals surface area contributed by atoms with Gasteiger partial charge in [0.2, 0.25) is 5.60 Å². The molecule has 0 bridgehead atoms. The Hall–Kier alpha value is -1.98. The SMILES string of the molecule is CCOC(=O)/C=C1/CC(c2ccccc2)(C(F)(F)F)O1. The molecule has 6 heteroatoms. The van der Waals surface area contributed by atoms with Crippen molar-refractivity contribution < 1.29 is 27.4 Å². The van der Waals surface area contributed by atoms with Crippen LogP contribution in [0.3, 0.4) is 0 Å². The predicted molar refractivity (Wildman–Crippen MR) is 64.6 cm³/mol. The number of benzene rings is 1. The van der Waals surface area contributed by atoms with Crippen molar-refractivity contribution in [2.24, 2.45) is 0 Å². The lowest BCUT2D eigenvalue weighted by Crippen LogP contribution is -2.51. The largest absolute Gasteiger partial charge is 0.476 e. The van der Waals surface area contributed by atoms with Crippen molar-refractivity contribution in [3.8, 4) is 0 Å². The quantitative estimate of drug-likeness (QED) is 0.631. The summed E-state index contributed by atoms with van der Waals surface area (Å²) in [7, 11) is 0. The molecule has 1 aromatic carbocycles. The molecule has 108 valence electrons. The maximum absolute atomic E-state index is 13.2. The van der Waals surface area contributed by atoms with E-state index in [9.17, 15) is 18.0 Å². The van der Waals surface area contributed by atoms with Crippen LogP contribution in [-0.4, -0.2) is 18.8 Å². The highest BCUT2D eigenvalue weighted by Crippen LogP contribution is 2.54. The van der Waals surface area contributed by atoms with Gasteiger partial charge in [-0.05, 0) is 6.92 Å². The molecule has 1 saturated heterocycles. The van der Waals surface area contributed by atoms with Crippen LogP contribution in [0.5, 0.6) is 0 Å². The number of halogens is 3. The van der Waals surface area contributed by atoms with Crippen LogP contribution in [0, 0.1) is 0 Å². The maximum atomic E-state index is 13.2. The summed E-state index contributed by atoms with van der Waals surface area (Å²) in [5.41, 5.74) is -2.35. The molecule has 0 aromatic heterocycles. The molecule has 20 heavy (non-hydrogen) atoms. The molecule has 0 spiro atoms. The minimum absolute atomic E-state index is 0.0218. The minimum atomic E-state index is -4.56. The van der Waals surface area contributed by atoms with E-state index in [-0.39, 0.29) is 17.9 Å². The number of alkyl halides is 3. The van der Waals surface area contributed by atoms with E-state index in [1.54, 1.807) is 13.0 Å². The Morgan fingerprint density at radius 1 is 1.40 bits per heavy atom. The summed E-state index contributed by atoms with van der Waals surface area (Å²) in [5.74, 6) is -0.726. The van der Waals surface area contributed by atoms with E-state index in [4.69, 9.17) is 4.74 Å². The summed E-state index contributed by atoms with van der Waals surface area (Å²) in [5, 5.41) is 0. The number of hydrogen-bond donors (Lipinski definition) is 0. The molecule has 1 unspecified atom stereocenters. The zero-order valence-corrected chi connectivity index (χ0v) is 10.7. The van der Waals surface area contributed by atoms with E-state index in [1.165, 1.54) is 24.3 Å². The molecular formula is C14H13F3O3. The van der Waals surface area contributed by atoms with Crippen molar-refractivity contribution in [3.05, 3.63) is 47.7 Å². The van der Waals surface area contributed by atoms with E-state index >= 15 is 0 Å². The van der Waals surface area contributed by atoms with Gasteiger partial charge < -0.3 is 9.47 Å². The maximum Gasteiger partial charge on any atom is 0.433 e. The molecule has 2 rings (SSSR count). The molecule has 1 heterocycles. The van der Waals surface area contributed by atoms with Gasteiger partial charge in [-0.3, -0.25) is 0 Å². The summed E-state index contributed by atoms with van der Waals surface area (Å²) in [6.45, 7) is 1.77. The average Bonchev–Trinajstić information content (AvgIpc) is 2.33. The molecule has 1 aliphatic rings. The Balaban J connectivity index is 2.22. The van der Waals surface area contributed by atoms with Crippen LogP contribution >= 0.6 is 0 Å². The first kappa shape index (κ1) is 14.4. The van der Waals surface area contributed by atoms with Gasteiger partial charge in [0.15, 0.2) is 0 Å². The first-order chi connectivity index (χ1) is 9.39. The van der Waals surface area contributed by atoms with Crippen LogP contribution in [-0.2, 0) is 19.9 Å². The second-order valence-electron chi connectivity index (χ2n) is 4.33. The molecule has 1 aliphatic heterocycles. The average molecular weight is 286 g/mol. The zero-order valence-electron chi connectivity index (χ0n) is 10.7. The highest BCUT2D eigenvalue weighted by molar-refractivity contribution is 5.82. The third kappa shape index (κ3) is 2.50. The molecule has 1 aromatic rings. The Bertz CT molecular complexity index is 512. The van der Waals surface area contributed by atoms with Crippen molar-refractivity contribution in [2.45, 2.75) is 25.1 Å². The van der Waals surface area contributed by atoms with Gasteiger partial charge in [0.05, 0.1) is 19.1 Å². The monoisotopic (exact) mass is 286 g/mol. The summed E-state index contributed by atoms with van der Waals surface area (Å²) in [4.78, 5) is 11.2. The third-order valence-corrected chi connectivity index (χ3v) is 2.99. The molecule has 0 aliphatic carbocycles. The number of carbonyl (C=O) groups excluding carboxylic acids is 1. The lowest BCUT2D eigenvalue weighted by atomic mass is 9.84. The molecule has 1 atom stereocenters. The van der Waals surface area contributed by atoms with E-state index in [1.807, 2.05) is 0 Å². The third-order valence-electron chi connectivity index (χ3n) is 2.99. The standard InChI is InChI=1S/C14H13F3O3/c1-2-19-12(18)8-11-9-13(20-11,14(15,16)17)10-6-4-3-5-7-10/h3-8H,2,9H2,1H3/b11-8-. The lowest BCUT2D eigenvalue weighted by molar-refractivity contribution is -0.309. The van der Waals surface area contributed by atoms with Gasteiger partial charge in [-0.1, -0.05) is 30.3 Å². The second-order valence-corrected chi connectivity index (χ2v) is 4.33. The van der Waals surface area contributed by atoms with Crippen molar-refractivity contribution in [1.29, 1.82) is 0 Å². The fourth-order valence-electron chi connectivity index (χ4n) is 2.05. The minimum Gasteiger partial charge on any atom is -0.476 e. The number of ether oxygens (including phenoxy) is 2. The Labute approximate surface area is 114 Å². The van der Waals surface area contributed by atoms with Crippen molar-refractivity contribution >= 4 is 5.97 Å². The van der Waals surface area contributed by atoms with Crippen LogP contribution < -0.4 is 0 Å². The van der Waals surface area contributed by atoms with Crippen molar-refractivity contribution in [1.82, 2.24) is 0 Å². The Morgan fingerprint density at radius 3 is 2.50 bits per heavy atom. The fraction of sp³-hybridized carbons (Fsp3) is 0.357. The topological polar surface area (TPSA) is 35.5 Å². The summed E-state index contributed by atoms with van der Waals surface area (Å²) >= 11 is 0. The lowest BCUT2D eigenvalue weighted by Gasteiger charge is -2.45. The smallest absolute Gasteiger partial charge is 0.433 e. The van der Waals surface area contributed by atoms with Crippen molar-refractivity contribution in [3.63, 3.8) is 0 Å². The van der Waals surface area contributed by atoms with E-state index in [0.717, 1.165) is 6.08 Å². The van der Waals surface area contributed by atoms with Gasteiger partial charge in [-0.2, -0.15) is 13.2 Å². The number of carbonyl (C=O) groups is 1. The van der Waals surface area contributed by atoms with Crippen LogP contribution in [0.4, 0.5) is 13.2 Å². The van der Waals surface area contributed by atoms with Gasteiger partial charge in [0.1, 0.15) is 5.76 Å². The highest BCUT2D eigenvalue weighted by atomic mass is 19.4. The highest BCUT2D eigenvalue weighted by Gasteiger charge is 2.64. The van der Waals surface area contributed by atoms with Gasteiger partial charge in [0, 0.05) is 5.56 Å². The van der Waals surface area contributed by atoms with Gasteiger partial charge in [0.25, 0.3) is 0 Å². The molecule has 0 N–H and O–H groups in total.